The van der Waals surface area contributed by atoms with E-state index in [0.717, 1.165) is 32.4 Å². The lowest BCUT2D eigenvalue weighted by molar-refractivity contribution is -0.144. The molecule has 1 saturated carbocycles. The fourth-order valence-corrected chi connectivity index (χ4v) is 3.10. The zero-order valence-electron chi connectivity index (χ0n) is 10.1. The van der Waals surface area contributed by atoms with Crippen molar-refractivity contribution in [2.75, 3.05) is 13.1 Å². The largest absolute Gasteiger partial charge is 0.391 e. The quantitative estimate of drug-likeness (QED) is 0.714. The predicted octanol–water partition coefficient (Wildman–Crippen LogP) is 1.40. The maximum Gasteiger partial charge on any atom is 0.0757 e. The minimum atomic E-state index is -0.119. The molecular formula is C12H23NO2. The van der Waals surface area contributed by atoms with E-state index in [1.165, 1.54) is 0 Å². The summed E-state index contributed by atoms with van der Waals surface area (Å²) in [6.45, 7) is 8.30. The Morgan fingerprint density at radius 2 is 2.07 bits per heavy atom. The van der Waals surface area contributed by atoms with Gasteiger partial charge in [0.05, 0.1) is 17.8 Å². The molecule has 3 nitrogen and oxygen atoms in total. The summed E-state index contributed by atoms with van der Waals surface area (Å²) in [7, 11) is 0. The van der Waals surface area contributed by atoms with E-state index in [-0.39, 0.29) is 17.8 Å². The number of rotatable bonds is 1. The van der Waals surface area contributed by atoms with Crippen molar-refractivity contribution < 1.29 is 9.84 Å². The van der Waals surface area contributed by atoms with Crippen LogP contribution in [-0.4, -0.2) is 46.9 Å². The third-order valence-electron chi connectivity index (χ3n) is 3.51. The molecule has 2 rings (SSSR count). The molecule has 0 aromatic heterocycles. The van der Waals surface area contributed by atoms with Gasteiger partial charge < -0.3 is 9.84 Å². The van der Waals surface area contributed by atoms with Crippen LogP contribution in [0, 0.1) is 0 Å². The standard InChI is InChI=1S/C12H23NO2/c1-9-7-13(8-12(2,3)15-9)10-5-4-6-11(10)14/h9-11,14H,4-8H2,1-3H3/t9?,10-,11-/m0/s1. The van der Waals surface area contributed by atoms with E-state index in [9.17, 15) is 5.11 Å². The topological polar surface area (TPSA) is 32.7 Å². The maximum atomic E-state index is 9.92. The molecule has 1 unspecified atom stereocenters. The van der Waals surface area contributed by atoms with Gasteiger partial charge in [0.2, 0.25) is 0 Å². The average molecular weight is 213 g/mol. The number of aliphatic hydroxyl groups is 1. The van der Waals surface area contributed by atoms with Gasteiger partial charge in [-0.05, 0) is 40.0 Å². The molecule has 0 aromatic carbocycles. The number of hydrogen-bond acceptors (Lipinski definition) is 3. The molecule has 1 aliphatic carbocycles. The Bertz CT molecular complexity index is 230. The minimum Gasteiger partial charge on any atom is -0.391 e. The summed E-state index contributed by atoms with van der Waals surface area (Å²) in [5.41, 5.74) is -0.0695. The first kappa shape index (κ1) is 11.4. The molecule has 3 heteroatoms. The van der Waals surface area contributed by atoms with E-state index in [0.29, 0.717) is 6.04 Å². The number of nitrogens with zero attached hydrogens (tertiary/aromatic N) is 1. The number of morpholine rings is 1. The lowest BCUT2D eigenvalue weighted by atomic mass is 10.0. The molecule has 15 heavy (non-hydrogen) atoms. The van der Waals surface area contributed by atoms with E-state index in [1.807, 2.05) is 0 Å². The highest BCUT2D eigenvalue weighted by Gasteiger charge is 2.38. The summed E-state index contributed by atoms with van der Waals surface area (Å²) in [6.07, 6.45) is 3.44. The van der Waals surface area contributed by atoms with Gasteiger partial charge in [-0.2, -0.15) is 0 Å². The van der Waals surface area contributed by atoms with E-state index in [1.54, 1.807) is 0 Å². The molecule has 2 aliphatic rings. The highest BCUT2D eigenvalue weighted by molar-refractivity contribution is 4.91. The Labute approximate surface area is 92.4 Å². The third-order valence-corrected chi connectivity index (χ3v) is 3.51. The maximum absolute atomic E-state index is 9.92. The zero-order valence-corrected chi connectivity index (χ0v) is 10.1. The number of ether oxygens (including phenoxy) is 1. The molecule has 88 valence electrons. The highest BCUT2D eigenvalue weighted by Crippen LogP contribution is 2.29. The molecule has 0 bridgehead atoms. The summed E-state index contributed by atoms with van der Waals surface area (Å²) >= 11 is 0. The van der Waals surface area contributed by atoms with Crippen molar-refractivity contribution in [3.8, 4) is 0 Å². The normalized spacial score (nSPS) is 42.0. The highest BCUT2D eigenvalue weighted by atomic mass is 16.5. The first-order valence-corrected chi connectivity index (χ1v) is 6.08. The predicted molar refractivity (Wildman–Crippen MR) is 59.8 cm³/mol. The monoisotopic (exact) mass is 213 g/mol. The van der Waals surface area contributed by atoms with E-state index >= 15 is 0 Å². The van der Waals surface area contributed by atoms with Gasteiger partial charge in [-0.1, -0.05) is 0 Å². The van der Waals surface area contributed by atoms with Crippen LogP contribution in [0.25, 0.3) is 0 Å². The second-order valence-electron chi connectivity index (χ2n) is 5.68. The van der Waals surface area contributed by atoms with Gasteiger partial charge in [0.15, 0.2) is 0 Å². The van der Waals surface area contributed by atoms with Crippen LogP contribution in [0.1, 0.15) is 40.0 Å². The van der Waals surface area contributed by atoms with Gasteiger partial charge >= 0.3 is 0 Å². The average Bonchev–Trinajstić information content (AvgIpc) is 2.47. The van der Waals surface area contributed by atoms with Crippen molar-refractivity contribution in [3.63, 3.8) is 0 Å². The van der Waals surface area contributed by atoms with Gasteiger partial charge in [0, 0.05) is 19.1 Å². The first-order chi connectivity index (χ1) is 6.98. The van der Waals surface area contributed by atoms with Crippen LogP contribution < -0.4 is 0 Å². The number of hydrogen-bond donors (Lipinski definition) is 1. The Kier molecular flexibility index (Phi) is 3.06. The molecule has 2 fully saturated rings. The van der Waals surface area contributed by atoms with Gasteiger partial charge in [0.1, 0.15) is 0 Å². The molecule has 0 amide bonds. The summed E-state index contributed by atoms with van der Waals surface area (Å²) < 4.78 is 5.88. The van der Waals surface area contributed by atoms with Gasteiger partial charge in [-0.25, -0.2) is 0 Å². The number of aliphatic hydroxyl groups excluding tert-OH is 1. The minimum absolute atomic E-state index is 0.0695. The smallest absolute Gasteiger partial charge is 0.0757 e. The Morgan fingerprint density at radius 1 is 1.33 bits per heavy atom. The summed E-state index contributed by atoms with van der Waals surface area (Å²) in [5.74, 6) is 0. The zero-order chi connectivity index (χ0) is 11.1. The van der Waals surface area contributed by atoms with Crippen LogP contribution in [0.3, 0.4) is 0 Å². The Balaban J connectivity index is 2.02. The third kappa shape index (κ3) is 2.52. The Hall–Kier alpha value is -0.120. The van der Waals surface area contributed by atoms with Gasteiger partial charge in [0.25, 0.3) is 0 Å². The van der Waals surface area contributed by atoms with E-state index < -0.39 is 0 Å². The molecule has 1 N–H and O–H groups in total. The lowest BCUT2D eigenvalue weighted by Gasteiger charge is -2.45. The molecule has 1 aliphatic heterocycles. The van der Waals surface area contributed by atoms with Crippen molar-refractivity contribution in [3.05, 3.63) is 0 Å². The molecule has 1 saturated heterocycles. The summed E-state index contributed by atoms with van der Waals surface area (Å²) in [4.78, 5) is 2.42. The second kappa shape index (κ2) is 4.04. The fourth-order valence-electron chi connectivity index (χ4n) is 3.10. The summed E-state index contributed by atoms with van der Waals surface area (Å²) in [6, 6.07) is 0.371. The molecule has 0 spiro atoms. The molecule has 3 atom stereocenters. The van der Waals surface area contributed by atoms with Crippen LogP contribution >= 0.6 is 0 Å². The van der Waals surface area contributed by atoms with Crippen LogP contribution in [0.2, 0.25) is 0 Å². The van der Waals surface area contributed by atoms with Gasteiger partial charge in [-0.3, -0.25) is 4.90 Å². The van der Waals surface area contributed by atoms with Crippen molar-refractivity contribution in [1.82, 2.24) is 4.90 Å². The second-order valence-corrected chi connectivity index (χ2v) is 5.68. The molecule has 1 heterocycles. The van der Waals surface area contributed by atoms with Gasteiger partial charge in [-0.15, -0.1) is 0 Å². The van der Waals surface area contributed by atoms with Crippen LogP contribution in [0.4, 0.5) is 0 Å². The fraction of sp³-hybridized carbons (Fsp3) is 1.00. The van der Waals surface area contributed by atoms with Crippen LogP contribution in [-0.2, 0) is 4.74 Å². The van der Waals surface area contributed by atoms with E-state index in [2.05, 4.69) is 25.7 Å². The van der Waals surface area contributed by atoms with Crippen molar-refractivity contribution in [2.45, 2.75) is 63.9 Å². The summed E-state index contributed by atoms with van der Waals surface area (Å²) in [5, 5.41) is 9.92. The SMILES string of the molecule is CC1CN([C@H]2CCC[C@@H]2O)CC(C)(C)O1. The van der Waals surface area contributed by atoms with E-state index in [4.69, 9.17) is 4.74 Å². The van der Waals surface area contributed by atoms with Crippen LogP contribution in [0.15, 0.2) is 0 Å². The first-order valence-electron chi connectivity index (χ1n) is 6.08. The molecule has 0 aromatic rings. The lowest BCUT2D eigenvalue weighted by Crippen LogP contribution is -2.56. The molecule has 0 radical (unpaired) electrons. The Morgan fingerprint density at radius 3 is 2.60 bits per heavy atom. The van der Waals surface area contributed by atoms with Crippen LogP contribution in [0.5, 0.6) is 0 Å². The van der Waals surface area contributed by atoms with Crippen molar-refractivity contribution >= 4 is 0 Å². The van der Waals surface area contributed by atoms with Crippen molar-refractivity contribution in [1.29, 1.82) is 0 Å². The van der Waals surface area contributed by atoms with Crippen molar-refractivity contribution in [2.24, 2.45) is 0 Å². The molecular weight excluding hydrogens is 190 g/mol.